The molecule has 1 aromatic heterocycles. The van der Waals surface area contributed by atoms with Crippen molar-refractivity contribution in [2.24, 2.45) is 17.8 Å². The summed E-state index contributed by atoms with van der Waals surface area (Å²) in [5, 5.41) is 12.0. The minimum atomic E-state index is -0.702. The Morgan fingerprint density at radius 1 is 1.21 bits per heavy atom. The van der Waals surface area contributed by atoms with Gasteiger partial charge in [0, 0.05) is 43.7 Å². The SMILES string of the molecule is Cc1cc(CN2CC[S+]([O-])CC2)ccc1COc1ccc(F)cc1-c1csc(N2CC3C(C2)C3C(=O)O)n1. The van der Waals surface area contributed by atoms with Gasteiger partial charge in [-0.1, -0.05) is 29.4 Å². The highest BCUT2D eigenvalue weighted by molar-refractivity contribution is 7.91. The number of aromatic nitrogens is 1. The van der Waals surface area contributed by atoms with E-state index in [1.54, 1.807) is 6.07 Å². The fourth-order valence-corrected chi connectivity index (χ4v) is 7.65. The number of benzene rings is 2. The van der Waals surface area contributed by atoms with Crippen molar-refractivity contribution in [1.82, 2.24) is 9.88 Å². The van der Waals surface area contributed by atoms with Gasteiger partial charge in [0.05, 0.1) is 11.6 Å². The Morgan fingerprint density at radius 3 is 2.68 bits per heavy atom. The number of aliphatic carboxylic acids is 1. The van der Waals surface area contributed by atoms with E-state index in [0.29, 0.717) is 36.7 Å². The molecule has 3 heterocycles. The molecule has 0 radical (unpaired) electrons. The Morgan fingerprint density at radius 2 is 1.97 bits per heavy atom. The Hall–Kier alpha value is -2.66. The first-order valence-electron chi connectivity index (χ1n) is 12.9. The predicted octanol–water partition coefficient (Wildman–Crippen LogP) is 4.17. The standard InChI is InChI=1S/C28H30FN3O4S2/c1-17-10-18(12-31-6-8-38(35)9-7-31)2-3-19(17)15-36-25-5-4-20(29)11-21(25)24-16-37-28(30-24)32-13-22-23(14-32)26(22)27(33)34/h2-5,10-11,16,22-23,26H,6-9,12-15H2,1H3,(H,33,34). The van der Waals surface area contributed by atoms with E-state index < -0.39 is 17.1 Å². The maximum Gasteiger partial charge on any atom is 0.307 e. The summed E-state index contributed by atoms with van der Waals surface area (Å²) in [5.41, 5.74) is 4.69. The lowest BCUT2D eigenvalue weighted by Crippen LogP contribution is -2.39. The van der Waals surface area contributed by atoms with Crippen molar-refractivity contribution in [2.45, 2.75) is 20.1 Å². The summed E-state index contributed by atoms with van der Waals surface area (Å²) in [5.74, 6) is 1.19. The Labute approximate surface area is 228 Å². The van der Waals surface area contributed by atoms with Crippen molar-refractivity contribution in [2.75, 3.05) is 42.6 Å². The van der Waals surface area contributed by atoms with E-state index in [0.717, 1.165) is 47.4 Å². The van der Waals surface area contributed by atoms with Gasteiger partial charge in [-0.05, 0) is 53.6 Å². The van der Waals surface area contributed by atoms with Crippen LogP contribution in [-0.2, 0) is 29.1 Å². The average molecular weight is 556 g/mol. The minimum Gasteiger partial charge on any atom is -0.616 e. The molecule has 38 heavy (non-hydrogen) atoms. The van der Waals surface area contributed by atoms with Crippen LogP contribution in [0.4, 0.5) is 9.52 Å². The number of nitrogens with zero attached hydrogens (tertiary/aromatic N) is 3. The van der Waals surface area contributed by atoms with Crippen molar-refractivity contribution >= 4 is 33.6 Å². The fraction of sp³-hybridized carbons (Fsp3) is 0.429. The zero-order chi connectivity index (χ0) is 26.4. The lowest BCUT2D eigenvalue weighted by molar-refractivity contribution is -0.139. The molecule has 0 bridgehead atoms. The van der Waals surface area contributed by atoms with E-state index in [4.69, 9.17) is 9.72 Å². The predicted molar refractivity (Wildman–Crippen MR) is 146 cm³/mol. The fourth-order valence-electron chi connectivity index (χ4n) is 5.68. The van der Waals surface area contributed by atoms with E-state index in [-0.39, 0.29) is 23.6 Å². The summed E-state index contributed by atoms with van der Waals surface area (Å²) in [4.78, 5) is 20.5. The molecule has 10 heteroatoms. The van der Waals surface area contributed by atoms with Crippen LogP contribution in [0.1, 0.15) is 16.7 Å². The van der Waals surface area contributed by atoms with Crippen LogP contribution in [0.25, 0.3) is 11.3 Å². The highest BCUT2D eigenvalue weighted by atomic mass is 32.2. The summed E-state index contributed by atoms with van der Waals surface area (Å²) < 4.78 is 32.0. The largest absolute Gasteiger partial charge is 0.616 e. The molecule has 0 spiro atoms. The lowest BCUT2D eigenvalue weighted by Gasteiger charge is -2.28. The van der Waals surface area contributed by atoms with Gasteiger partial charge in [0.15, 0.2) is 5.13 Å². The van der Waals surface area contributed by atoms with Crippen LogP contribution < -0.4 is 9.64 Å². The number of anilines is 1. The number of carbonyl (C=O) groups is 1. The molecule has 3 fully saturated rings. The molecule has 2 aromatic carbocycles. The number of fused-ring (bicyclic) bond motifs is 1. The molecular formula is C28H30FN3O4S2. The van der Waals surface area contributed by atoms with Crippen molar-refractivity contribution in [3.05, 3.63) is 64.3 Å². The normalized spacial score (nSPS) is 23.4. The van der Waals surface area contributed by atoms with Crippen LogP contribution in [0.5, 0.6) is 5.75 Å². The molecule has 7 nitrogen and oxygen atoms in total. The number of carboxylic acid groups (broad SMARTS) is 1. The summed E-state index contributed by atoms with van der Waals surface area (Å²) in [6.45, 7) is 6.41. The van der Waals surface area contributed by atoms with Crippen LogP contribution >= 0.6 is 11.3 Å². The third-order valence-electron chi connectivity index (χ3n) is 7.93. The summed E-state index contributed by atoms with van der Waals surface area (Å²) in [6.07, 6.45) is 0. The number of carboxylic acids is 1. The smallest absolute Gasteiger partial charge is 0.307 e. The molecule has 3 aromatic rings. The highest BCUT2D eigenvalue weighted by Gasteiger charge is 2.60. The Bertz CT molecular complexity index is 1330. The van der Waals surface area contributed by atoms with E-state index >= 15 is 0 Å². The number of hydrogen-bond donors (Lipinski definition) is 1. The van der Waals surface area contributed by atoms with Gasteiger partial charge < -0.3 is 19.3 Å². The van der Waals surface area contributed by atoms with E-state index in [2.05, 4.69) is 34.9 Å². The van der Waals surface area contributed by atoms with E-state index in [1.165, 1.54) is 29.0 Å². The summed E-state index contributed by atoms with van der Waals surface area (Å²) >= 11 is 0.815. The first-order valence-corrected chi connectivity index (χ1v) is 15.2. The van der Waals surface area contributed by atoms with Crippen LogP contribution in [0.3, 0.4) is 0 Å². The van der Waals surface area contributed by atoms with Crippen molar-refractivity contribution in [3.8, 4) is 17.0 Å². The average Bonchev–Trinajstić information content (AvgIpc) is 3.22. The zero-order valence-corrected chi connectivity index (χ0v) is 22.8. The summed E-state index contributed by atoms with van der Waals surface area (Å²) in [6, 6.07) is 10.9. The van der Waals surface area contributed by atoms with E-state index in [9.17, 15) is 18.8 Å². The van der Waals surface area contributed by atoms with Crippen LogP contribution in [0, 0.1) is 30.5 Å². The third-order valence-corrected chi connectivity index (χ3v) is 10.1. The molecule has 1 aliphatic carbocycles. The van der Waals surface area contributed by atoms with Gasteiger partial charge in [-0.3, -0.25) is 9.69 Å². The second kappa shape index (κ2) is 10.5. The monoisotopic (exact) mass is 555 g/mol. The first-order chi connectivity index (χ1) is 18.4. The molecule has 2 aliphatic heterocycles. The number of hydrogen-bond acceptors (Lipinski definition) is 7. The first kappa shape index (κ1) is 25.6. The molecule has 200 valence electrons. The lowest BCUT2D eigenvalue weighted by atomic mass is 10.0. The van der Waals surface area contributed by atoms with Gasteiger partial charge in [-0.15, -0.1) is 11.3 Å². The van der Waals surface area contributed by atoms with Gasteiger partial charge >= 0.3 is 5.97 Å². The number of halogens is 1. The number of thiazole rings is 1. The Balaban J connectivity index is 1.12. The second-order valence-corrected chi connectivity index (χ2v) is 13.0. The molecule has 1 saturated carbocycles. The zero-order valence-electron chi connectivity index (χ0n) is 21.1. The summed E-state index contributed by atoms with van der Waals surface area (Å²) in [7, 11) is 0. The Kier molecular flexibility index (Phi) is 7.07. The molecule has 2 saturated heterocycles. The van der Waals surface area contributed by atoms with Gasteiger partial charge in [0.2, 0.25) is 0 Å². The quantitative estimate of drug-likeness (QED) is 0.418. The van der Waals surface area contributed by atoms with Crippen LogP contribution in [0.15, 0.2) is 41.8 Å². The van der Waals surface area contributed by atoms with E-state index in [1.807, 2.05) is 5.38 Å². The highest BCUT2D eigenvalue weighted by Crippen LogP contribution is 2.53. The van der Waals surface area contributed by atoms with Gasteiger partial charge in [0.25, 0.3) is 0 Å². The number of piperidine rings is 1. The number of rotatable bonds is 8. The van der Waals surface area contributed by atoms with Gasteiger partial charge in [-0.25, -0.2) is 9.37 Å². The molecule has 2 unspecified atom stereocenters. The molecule has 6 rings (SSSR count). The maximum absolute atomic E-state index is 14.2. The number of ether oxygens (including phenoxy) is 1. The van der Waals surface area contributed by atoms with Crippen molar-refractivity contribution in [1.29, 1.82) is 0 Å². The number of aryl methyl sites for hydroxylation is 1. The molecule has 2 atom stereocenters. The maximum atomic E-state index is 14.2. The molecule has 3 aliphatic rings. The molecule has 1 N–H and O–H groups in total. The second-order valence-electron chi connectivity index (χ2n) is 10.4. The minimum absolute atomic E-state index is 0.202. The molecular weight excluding hydrogens is 525 g/mol. The van der Waals surface area contributed by atoms with Crippen molar-refractivity contribution < 1.29 is 23.6 Å². The van der Waals surface area contributed by atoms with Gasteiger partial charge in [-0.2, -0.15) is 0 Å². The third kappa shape index (κ3) is 5.27. The van der Waals surface area contributed by atoms with Crippen LogP contribution in [-0.4, -0.2) is 63.2 Å². The van der Waals surface area contributed by atoms with Crippen LogP contribution in [0.2, 0.25) is 0 Å². The molecule has 0 amide bonds. The van der Waals surface area contributed by atoms with Gasteiger partial charge in [0.1, 0.15) is 29.7 Å². The topological polar surface area (TPSA) is 89.0 Å². The van der Waals surface area contributed by atoms with Crippen molar-refractivity contribution in [3.63, 3.8) is 0 Å².